The lowest BCUT2D eigenvalue weighted by atomic mass is 9.75. The van der Waals surface area contributed by atoms with Gasteiger partial charge in [0.1, 0.15) is 5.82 Å². The summed E-state index contributed by atoms with van der Waals surface area (Å²) < 4.78 is 13.1. The summed E-state index contributed by atoms with van der Waals surface area (Å²) >= 11 is 0. The number of hydrogen-bond donors (Lipinski definition) is 1. The minimum Gasteiger partial charge on any atom is -0.396 e. The van der Waals surface area contributed by atoms with E-state index in [1.807, 2.05) is 12.1 Å². The average molecular weight is 327 g/mol. The molecule has 0 radical (unpaired) electrons. The molecule has 1 aliphatic rings. The first-order chi connectivity index (χ1) is 11.6. The molecule has 2 aromatic carbocycles. The number of aryl methyl sites for hydroxylation is 1. The molecule has 2 aromatic rings. The first-order valence-corrected chi connectivity index (χ1v) is 8.72. The second kappa shape index (κ2) is 7.45. The molecule has 0 aromatic heterocycles. The molecule has 128 valence electrons. The summed E-state index contributed by atoms with van der Waals surface area (Å²) in [6.45, 7) is 5.15. The van der Waals surface area contributed by atoms with Crippen molar-refractivity contribution in [3.8, 4) is 0 Å². The van der Waals surface area contributed by atoms with Gasteiger partial charge in [0.15, 0.2) is 0 Å². The quantitative estimate of drug-likeness (QED) is 0.899. The molecule has 2 nitrogen and oxygen atoms in total. The summed E-state index contributed by atoms with van der Waals surface area (Å²) in [6, 6.07) is 15.4. The number of halogens is 1. The maximum Gasteiger partial charge on any atom is 0.123 e. The molecule has 1 fully saturated rings. The van der Waals surface area contributed by atoms with Crippen LogP contribution in [0.25, 0.3) is 0 Å². The van der Waals surface area contributed by atoms with E-state index in [0.29, 0.717) is 0 Å². The van der Waals surface area contributed by atoms with Gasteiger partial charge in [-0.1, -0.05) is 42.0 Å². The number of nitrogens with zero attached hydrogens (tertiary/aromatic N) is 1. The molecule has 3 rings (SSSR count). The number of rotatable bonds is 5. The van der Waals surface area contributed by atoms with Crippen molar-refractivity contribution in [3.63, 3.8) is 0 Å². The van der Waals surface area contributed by atoms with Crippen LogP contribution < -0.4 is 0 Å². The molecule has 0 aliphatic carbocycles. The highest BCUT2D eigenvalue weighted by atomic mass is 19.1. The summed E-state index contributed by atoms with van der Waals surface area (Å²) in [5.74, 6) is -0.207. The van der Waals surface area contributed by atoms with Crippen LogP contribution in [0.5, 0.6) is 0 Å². The Balaban J connectivity index is 1.69. The molecule has 1 aliphatic heterocycles. The third-order valence-electron chi connectivity index (χ3n) is 5.10. The summed E-state index contributed by atoms with van der Waals surface area (Å²) in [6.07, 6.45) is 2.91. The third-order valence-corrected chi connectivity index (χ3v) is 5.10. The lowest BCUT2D eigenvalue weighted by Crippen LogP contribution is -2.46. The number of benzene rings is 2. The Bertz CT molecular complexity index is 653. The van der Waals surface area contributed by atoms with Crippen molar-refractivity contribution in [1.82, 2.24) is 4.90 Å². The van der Waals surface area contributed by atoms with Crippen LogP contribution in [0, 0.1) is 18.2 Å². The highest BCUT2D eigenvalue weighted by molar-refractivity contribution is 5.22. The Morgan fingerprint density at radius 1 is 1.04 bits per heavy atom. The van der Waals surface area contributed by atoms with Gasteiger partial charge in [-0.25, -0.2) is 4.39 Å². The predicted octanol–water partition coefficient (Wildman–Crippen LogP) is 3.95. The van der Waals surface area contributed by atoms with Crippen molar-refractivity contribution >= 4 is 0 Å². The van der Waals surface area contributed by atoms with Crippen molar-refractivity contribution in [2.45, 2.75) is 32.7 Å². The summed E-state index contributed by atoms with van der Waals surface area (Å²) in [5.41, 5.74) is 3.57. The Morgan fingerprint density at radius 2 is 1.71 bits per heavy atom. The lowest BCUT2D eigenvalue weighted by Gasteiger charge is -2.42. The maximum atomic E-state index is 13.1. The molecular weight excluding hydrogens is 301 g/mol. The summed E-state index contributed by atoms with van der Waals surface area (Å²) in [7, 11) is 0. The van der Waals surface area contributed by atoms with Crippen LogP contribution in [0.4, 0.5) is 4.39 Å². The van der Waals surface area contributed by atoms with E-state index in [1.54, 1.807) is 0 Å². The Kier molecular flexibility index (Phi) is 5.32. The van der Waals surface area contributed by atoms with Crippen molar-refractivity contribution < 1.29 is 9.50 Å². The summed E-state index contributed by atoms with van der Waals surface area (Å²) in [4.78, 5) is 2.44. The first kappa shape index (κ1) is 17.1. The second-order valence-electron chi connectivity index (χ2n) is 7.26. The van der Waals surface area contributed by atoms with Gasteiger partial charge in [0.25, 0.3) is 0 Å². The molecule has 3 heteroatoms. The van der Waals surface area contributed by atoms with Gasteiger partial charge in [-0.15, -0.1) is 0 Å². The molecule has 0 bridgehead atoms. The number of aliphatic hydroxyl groups is 1. The van der Waals surface area contributed by atoms with E-state index in [-0.39, 0.29) is 17.8 Å². The van der Waals surface area contributed by atoms with Gasteiger partial charge in [-0.2, -0.15) is 0 Å². The summed E-state index contributed by atoms with van der Waals surface area (Å²) in [5, 5.41) is 10.1. The lowest BCUT2D eigenvalue weighted by molar-refractivity contribution is 0.0288. The zero-order chi connectivity index (χ0) is 17.0. The minimum atomic E-state index is -0.207. The van der Waals surface area contributed by atoms with Crippen molar-refractivity contribution in [2.24, 2.45) is 5.41 Å². The maximum absolute atomic E-state index is 13.1. The predicted molar refractivity (Wildman–Crippen MR) is 95.3 cm³/mol. The molecule has 1 atom stereocenters. The fourth-order valence-electron chi connectivity index (χ4n) is 3.76. The van der Waals surface area contributed by atoms with Crippen molar-refractivity contribution in [2.75, 3.05) is 19.7 Å². The molecule has 0 amide bonds. The second-order valence-corrected chi connectivity index (χ2v) is 7.26. The van der Waals surface area contributed by atoms with Gasteiger partial charge in [0.05, 0.1) is 6.61 Å². The normalized spacial score (nSPS) is 21.8. The van der Waals surface area contributed by atoms with E-state index in [2.05, 4.69) is 36.1 Å². The fraction of sp³-hybridized carbons (Fsp3) is 0.429. The van der Waals surface area contributed by atoms with E-state index in [4.69, 9.17) is 0 Å². The van der Waals surface area contributed by atoms with Crippen molar-refractivity contribution in [1.29, 1.82) is 0 Å². The Labute approximate surface area is 143 Å². The van der Waals surface area contributed by atoms with Crippen LogP contribution in [0.1, 0.15) is 29.5 Å². The van der Waals surface area contributed by atoms with Crippen LogP contribution in [0.3, 0.4) is 0 Å². The van der Waals surface area contributed by atoms with Gasteiger partial charge < -0.3 is 5.11 Å². The Hall–Kier alpha value is -1.71. The minimum absolute atomic E-state index is 0.124. The Morgan fingerprint density at radius 3 is 2.38 bits per heavy atom. The number of hydrogen-bond acceptors (Lipinski definition) is 2. The van der Waals surface area contributed by atoms with Crippen molar-refractivity contribution in [3.05, 3.63) is 71.0 Å². The number of aliphatic hydroxyl groups excluding tert-OH is 1. The first-order valence-electron chi connectivity index (χ1n) is 8.72. The highest BCUT2D eigenvalue weighted by Crippen LogP contribution is 2.34. The molecule has 1 saturated heterocycles. The highest BCUT2D eigenvalue weighted by Gasteiger charge is 2.35. The van der Waals surface area contributed by atoms with Crippen LogP contribution in [-0.2, 0) is 13.0 Å². The van der Waals surface area contributed by atoms with E-state index < -0.39 is 0 Å². The number of piperidine rings is 1. The van der Waals surface area contributed by atoms with Gasteiger partial charge in [0.2, 0.25) is 0 Å². The van der Waals surface area contributed by atoms with Crippen LogP contribution in [-0.4, -0.2) is 29.7 Å². The molecule has 0 saturated carbocycles. The fourth-order valence-corrected chi connectivity index (χ4v) is 3.76. The van der Waals surface area contributed by atoms with Crippen LogP contribution >= 0.6 is 0 Å². The molecule has 24 heavy (non-hydrogen) atoms. The largest absolute Gasteiger partial charge is 0.396 e. The topological polar surface area (TPSA) is 23.5 Å². The van der Waals surface area contributed by atoms with E-state index >= 15 is 0 Å². The van der Waals surface area contributed by atoms with E-state index in [1.165, 1.54) is 23.3 Å². The van der Waals surface area contributed by atoms with Gasteiger partial charge in [0, 0.05) is 18.5 Å². The smallest absolute Gasteiger partial charge is 0.123 e. The van der Waals surface area contributed by atoms with Crippen LogP contribution in [0.2, 0.25) is 0 Å². The monoisotopic (exact) mass is 327 g/mol. The van der Waals surface area contributed by atoms with Gasteiger partial charge in [-0.05, 0) is 56.0 Å². The molecular formula is C21H26FNO. The molecule has 1 unspecified atom stereocenters. The standard InChI is InChI=1S/C21H26FNO/c1-17-3-5-19(6-4-17)14-23-12-2-11-21(15-23,16-24)13-18-7-9-20(22)10-8-18/h3-10,24H,2,11-16H2,1H3. The average Bonchev–Trinajstić information content (AvgIpc) is 2.59. The molecule has 1 N–H and O–H groups in total. The van der Waals surface area contributed by atoms with Gasteiger partial charge >= 0.3 is 0 Å². The van der Waals surface area contributed by atoms with Gasteiger partial charge in [-0.3, -0.25) is 4.90 Å². The molecule has 1 heterocycles. The SMILES string of the molecule is Cc1ccc(CN2CCCC(CO)(Cc3ccc(F)cc3)C2)cc1. The zero-order valence-electron chi connectivity index (χ0n) is 14.3. The molecule has 0 spiro atoms. The number of likely N-dealkylation sites (tertiary alicyclic amines) is 1. The van der Waals surface area contributed by atoms with E-state index in [0.717, 1.165) is 44.5 Å². The zero-order valence-corrected chi connectivity index (χ0v) is 14.3. The van der Waals surface area contributed by atoms with E-state index in [9.17, 15) is 9.50 Å². The third kappa shape index (κ3) is 4.22. The van der Waals surface area contributed by atoms with Crippen LogP contribution in [0.15, 0.2) is 48.5 Å².